The van der Waals surface area contributed by atoms with E-state index in [1.807, 2.05) is 6.07 Å². The zero-order chi connectivity index (χ0) is 13.9. The molecule has 1 aliphatic rings. The highest BCUT2D eigenvalue weighted by atomic mass is 19.4. The third-order valence-corrected chi connectivity index (χ3v) is 3.20. The topological polar surface area (TPSA) is 39.1 Å². The van der Waals surface area contributed by atoms with Gasteiger partial charge in [0.15, 0.2) is 0 Å². The molecule has 3 nitrogen and oxygen atoms in total. The van der Waals surface area contributed by atoms with Gasteiger partial charge < -0.3 is 5.32 Å². The molecular formula is C13H14F3N3. The van der Waals surface area contributed by atoms with Crippen LogP contribution in [-0.2, 0) is 0 Å². The standard InChI is InChI=1S/C13H14F3N3/c14-13(15,16)12(19-7-5-18-6-8-19)11-4-2-1-3-10(11)9-17/h1-4,12,18H,5-8H2/t12-/m1/s1. The van der Waals surface area contributed by atoms with Gasteiger partial charge >= 0.3 is 6.18 Å². The highest BCUT2D eigenvalue weighted by Crippen LogP contribution is 2.38. The highest BCUT2D eigenvalue weighted by molar-refractivity contribution is 5.40. The minimum absolute atomic E-state index is 0.0411. The Hall–Kier alpha value is -1.58. The summed E-state index contributed by atoms with van der Waals surface area (Å²) in [6.45, 7) is 1.70. The summed E-state index contributed by atoms with van der Waals surface area (Å²) >= 11 is 0. The molecule has 0 radical (unpaired) electrons. The van der Waals surface area contributed by atoms with Gasteiger partial charge in [0.25, 0.3) is 0 Å². The van der Waals surface area contributed by atoms with Gasteiger partial charge in [-0.1, -0.05) is 18.2 Å². The molecule has 0 unspecified atom stereocenters. The maximum atomic E-state index is 13.3. The Labute approximate surface area is 109 Å². The van der Waals surface area contributed by atoms with Crippen molar-refractivity contribution >= 4 is 0 Å². The number of alkyl halides is 3. The highest BCUT2D eigenvalue weighted by Gasteiger charge is 2.45. The van der Waals surface area contributed by atoms with Gasteiger partial charge in [0, 0.05) is 26.2 Å². The average Bonchev–Trinajstić information content (AvgIpc) is 2.39. The van der Waals surface area contributed by atoms with Gasteiger partial charge in [0.1, 0.15) is 6.04 Å². The molecule has 1 atom stereocenters. The summed E-state index contributed by atoms with van der Waals surface area (Å²) in [4.78, 5) is 1.38. The number of nitriles is 1. The SMILES string of the molecule is N#Cc1ccccc1[C@@H](N1CCNCC1)C(F)(F)F. The van der Waals surface area contributed by atoms with Crippen molar-refractivity contribution in [2.24, 2.45) is 0 Å². The monoisotopic (exact) mass is 269 g/mol. The zero-order valence-electron chi connectivity index (χ0n) is 10.2. The fraction of sp³-hybridized carbons (Fsp3) is 0.462. The number of nitrogens with zero attached hydrogens (tertiary/aromatic N) is 2. The van der Waals surface area contributed by atoms with Gasteiger partial charge in [0.2, 0.25) is 0 Å². The molecule has 2 rings (SSSR count). The molecule has 0 aliphatic carbocycles. The van der Waals surface area contributed by atoms with E-state index in [9.17, 15) is 13.2 Å². The second-order valence-corrected chi connectivity index (χ2v) is 4.43. The van der Waals surface area contributed by atoms with E-state index in [1.54, 1.807) is 6.07 Å². The van der Waals surface area contributed by atoms with Gasteiger partial charge in [-0.3, -0.25) is 4.90 Å². The van der Waals surface area contributed by atoms with Crippen LogP contribution in [0.3, 0.4) is 0 Å². The Morgan fingerprint density at radius 2 is 1.84 bits per heavy atom. The summed E-state index contributed by atoms with van der Waals surface area (Å²) in [6.07, 6.45) is -4.38. The quantitative estimate of drug-likeness (QED) is 0.893. The number of hydrogen-bond donors (Lipinski definition) is 1. The van der Waals surface area contributed by atoms with Crippen LogP contribution in [-0.4, -0.2) is 37.3 Å². The first-order valence-corrected chi connectivity index (χ1v) is 6.04. The molecule has 1 aromatic rings. The maximum absolute atomic E-state index is 13.3. The van der Waals surface area contributed by atoms with Crippen molar-refractivity contribution in [2.45, 2.75) is 12.2 Å². The van der Waals surface area contributed by atoms with Gasteiger partial charge in [-0.05, 0) is 11.6 Å². The molecular weight excluding hydrogens is 255 g/mol. The molecule has 1 heterocycles. The Kier molecular flexibility index (Phi) is 4.08. The van der Waals surface area contributed by atoms with Crippen LogP contribution < -0.4 is 5.32 Å². The summed E-state index contributed by atoms with van der Waals surface area (Å²) in [5.74, 6) is 0. The molecule has 1 saturated heterocycles. The van der Waals surface area contributed by atoms with Crippen LogP contribution >= 0.6 is 0 Å². The minimum Gasteiger partial charge on any atom is -0.314 e. The number of piperazine rings is 1. The molecule has 1 N–H and O–H groups in total. The normalized spacial score (nSPS) is 18.8. The molecule has 1 aliphatic heterocycles. The van der Waals surface area contributed by atoms with E-state index in [1.165, 1.54) is 23.1 Å². The Morgan fingerprint density at radius 3 is 2.42 bits per heavy atom. The van der Waals surface area contributed by atoms with Crippen LogP contribution in [0.25, 0.3) is 0 Å². The molecule has 0 aromatic heterocycles. The van der Waals surface area contributed by atoms with Crippen molar-refractivity contribution in [1.82, 2.24) is 10.2 Å². The summed E-state index contributed by atoms with van der Waals surface area (Å²) < 4.78 is 40.0. The number of rotatable bonds is 2. The van der Waals surface area contributed by atoms with Gasteiger partial charge in [-0.25, -0.2) is 0 Å². The van der Waals surface area contributed by atoms with Gasteiger partial charge in [-0.15, -0.1) is 0 Å². The smallest absolute Gasteiger partial charge is 0.314 e. The average molecular weight is 269 g/mol. The number of halogens is 3. The van der Waals surface area contributed by atoms with Crippen LogP contribution in [0.4, 0.5) is 13.2 Å². The third-order valence-electron chi connectivity index (χ3n) is 3.20. The van der Waals surface area contributed by atoms with Crippen LogP contribution in [0.2, 0.25) is 0 Å². The van der Waals surface area contributed by atoms with Crippen molar-refractivity contribution < 1.29 is 13.2 Å². The fourth-order valence-electron chi connectivity index (χ4n) is 2.36. The molecule has 1 aromatic carbocycles. The molecule has 0 spiro atoms. The molecule has 1 fully saturated rings. The summed E-state index contributed by atoms with van der Waals surface area (Å²) in [5.41, 5.74) is 0.128. The van der Waals surface area contributed by atoms with Crippen LogP contribution in [0, 0.1) is 11.3 Å². The Balaban J connectivity index is 2.40. The summed E-state index contributed by atoms with van der Waals surface area (Å²) in [5, 5.41) is 12.0. The first-order valence-electron chi connectivity index (χ1n) is 6.04. The lowest BCUT2D eigenvalue weighted by Crippen LogP contribution is -2.49. The number of benzene rings is 1. The van der Waals surface area contributed by atoms with Crippen molar-refractivity contribution in [3.63, 3.8) is 0 Å². The van der Waals surface area contributed by atoms with E-state index in [-0.39, 0.29) is 11.1 Å². The maximum Gasteiger partial charge on any atom is 0.408 e. The van der Waals surface area contributed by atoms with Gasteiger partial charge in [-0.2, -0.15) is 18.4 Å². The van der Waals surface area contributed by atoms with Crippen LogP contribution in [0.15, 0.2) is 24.3 Å². The van der Waals surface area contributed by atoms with E-state index in [0.717, 1.165) is 0 Å². The summed E-state index contributed by atoms with van der Waals surface area (Å²) in [6, 6.07) is 6.07. The van der Waals surface area contributed by atoms with Crippen molar-refractivity contribution in [3.05, 3.63) is 35.4 Å². The lowest BCUT2D eigenvalue weighted by Gasteiger charge is -2.36. The largest absolute Gasteiger partial charge is 0.408 e. The predicted molar refractivity (Wildman–Crippen MR) is 64.4 cm³/mol. The zero-order valence-corrected chi connectivity index (χ0v) is 10.2. The van der Waals surface area contributed by atoms with E-state index >= 15 is 0 Å². The van der Waals surface area contributed by atoms with E-state index < -0.39 is 12.2 Å². The third kappa shape index (κ3) is 3.06. The summed E-state index contributed by atoms with van der Waals surface area (Å²) in [7, 11) is 0. The molecule has 102 valence electrons. The van der Waals surface area contributed by atoms with E-state index in [2.05, 4.69) is 5.32 Å². The molecule has 0 amide bonds. The van der Waals surface area contributed by atoms with E-state index in [0.29, 0.717) is 26.2 Å². The van der Waals surface area contributed by atoms with Crippen LogP contribution in [0.5, 0.6) is 0 Å². The lowest BCUT2D eigenvalue weighted by molar-refractivity contribution is -0.187. The van der Waals surface area contributed by atoms with E-state index in [4.69, 9.17) is 5.26 Å². The molecule has 6 heteroatoms. The Morgan fingerprint density at radius 1 is 1.21 bits per heavy atom. The minimum atomic E-state index is -4.38. The second kappa shape index (κ2) is 5.59. The van der Waals surface area contributed by atoms with Crippen LogP contribution in [0.1, 0.15) is 17.2 Å². The van der Waals surface area contributed by atoms with Gasteiger partial charge in [0.05, 0.1) is 11.6 Å². The first-order chi connectivity index (χ1) is 9.04. The predicted octanol–water partition coefficient (Wildman–Crippen LogP) is 2.07. The van der Waals surface area contributed by atoms with Crippen molar-refractivity contribution in [1.29, 1.82) is 5.26 Å². The second-order valence-electron chi connectivity index (χ2n) is 4.43. The first kappa shape index (κ1) is 13.8. The lowest BCUT2D eigenvalue weighted by atomic mass is 9.98. The van der Waals surface area contributed by atoms with Crippen molar-refractivity contribution in [3.8, 4) is 6.07 Å². The molecule has 19 heavy (non-hydrogen) atoms. The Bertz CT molecular complexity index is 473. The fourth-order valence-corrected chi connectivity index (χ4v) is 2.36. The molecule has 0 bridgehead atoms. The number of hydrogen-bond acceptors (Lipinski definition) is 3. The molecule has 0 saturated carbocycles. The van der Waals surface area contributed by atoms with Crippen molar-refractivity contribution in [2.75, 3.05) is 26.2 Å². The number of nitrogens with one attached hydrogen (secondary N) is 1.